The molecule has 0 spiro atoms. The van der Waals surface area contributed by atoms with Crippen LogP contribution < -0.4 is 0 Å². The highest BCUT2D eigenvalue weighted by atomic mass is 32.1. The van der Waals surface area contributed by atoms with Gasteiger partial charge in [0.05, 0.1) is 11.8 Å². The summed E-state index contributed by atoms with van der Waals surface area (Å²) in [5.74, 6) is 0.152. The second-order valence-corrected chi connectivity index (χ2v) is 6.18. The summed E-state index contributed by atoms with van der Waals surface area (Å²) in [6.45, 7) is 6.97. The van der Waals surface area contributed by atoms with Gasteiger partial charge in [-0.15, -0.1) is 11.3 Å². The molecule has 1 fully saturated rings. The van der Waals surface area contributed by atoms with Crippen LogP contribution in [0, 0.1) is 0 Å². The van der Waals surface area contributed by atoms with Crippen molar-refractivity contribution in [2.24, 2.45) is 0 Å². The number of aromatic nitrogens is 2. The summed E-state index contributed by atoms with van der Waals surface area (Å²) in [7, 11) is 0. The van der Waals surface area contributed by atoms with Gasteiger partial charge < -0.3 is 9.80 Å². The van der Waals surface area contributed by atoms with Crippen molar-refractivity contribution in [2.45, 2.75) is 13.3 Å². The number of H-pyrrole nitrogens is 1. The van der Waals surface area contributed by atoms with Gasteiger partial charge in [0.25, 0.3) is 5.91 Å². The van der Waals surface area contributed by atoms with Gasteiger partial charge in [0, 0.05) is 41.7 Å². The Morgan fingerprint density at radius 1 is 1.38 bits per heavy atom. The van der Waals surface area contributed by atoms with Crippen molar-refractivity contribution in [3.05, 3.63) is 29.4 Å². The minimum absolute atomic E-state index is 0.152. The van der Waals surface area contributed by atoms with E-state index in [-0.39, 0.29) is 5.91 Å². The zero-order valence-corrected chi connectivity index (χ0v) is 13.0. The summed E-state index contributed by atoms with van der Waals surface area (Å²) in [5.41, 5.74) is 1.83. The third-order valence-corrected chi connectivity index (χ3v) is 4.93. The standard InChI is InChI=1S/C15H20N4OS/c1-2-18-4-3-5-19(7-6-18)15(20)12-8-14(21-11-12)13-9-16-17-10-13/h8-11H,2-7H2,1H3,(H,16,17). The smallest absolute Gasteiger partial charge is 0.254 e. The van der Waals surface area contributed by atoms with E-state index in [4.69, 9.17) is 0 Å². The molecule has 0 aliphatic carbocycles. The minimum Gasteiger partial charge on any atom is -0.337 e. The number of carbonyl (C=O) groups excluding carboxylic acids is 1. The highest BCUT2D eigenvalue weighted by Gasteiger charge is 2.20. The maximum absolute atomic E-state index is 12.6. The largest absolute Gasteiger partial charge is 0.337 e. The summed E-state index contributed by atoms with van der Waals surface area (Å²) in [4.78, 5) is 18.1. The van der Waals surface area contributed by atoms with Crippen LogP contribution in [-0.2, 0) is 0 Å². The zero-order chi connectivity index (χ0) is 14.7. The fourth-order valence-electron chi connectivity index (χ4n) is 2.66. The quantitative estimate of drug-likeness (QED) is 0.946. The van der Waals surface area contributed by atoms with E-state index in [1.807, 2.05) is 22.5 Å². The van der Waals surface area contributed by atoms with Gasteiger partial charge in [-0.3, -0.25) is 9.89 Å². The topological polar surface area (TPSA) is 52.2 Å². The molecule has 112 valence electrons. The number of nitrogens with zero attached hydrogens (tertiary/aromatic N) is 3. The van der Waals surface area contributed by atoms with Crippen LogP contribution in [0.4, 0.5) is 0 Å². The van der Waals surface area contributed by atoms with Crippen LogP contribution in [0.2, 0.25) is 0 Å². The molecule has 1 aliphatic rings. The van der Waals surface area contributed by atoms with E-state index in [0.29, 0.717) is 0 Å². The average Bonchev–Trinajstić information content (AvgIpc) is 3.13. The molecule has 3 rings (SSSR count). The lowest BCUT2D eigenvalue weighted by Crippen LogP contribution is -2.34. The molecule has 0 radical (unpaired) electrons. The normalized spacial score (nSPS) is 16.9. The van der Waals surface area contributed by atoms with E-state index >= 15 is 0 Å². The molecule has 5 nitrogen and oxygen atoms in total. The molecule has 1 saturated heterocycles. The predicted molar refractivity (Wildman–Crippen MR) is 84.5 cm³/mol. The molecule has 21 heavy (non-hydrogen) atoms. The highest BCUT2D eigenvalue weighted by molar-refractivity contribution is 7.13. The van der Waals surface area contributed by atoms with Crippen molar-refractivity contribution >= 4 is 17.2 Å². The number of amides is 1. The number of aromatic amines is 1. The SMILES string of the molecule is CCN1CCCN(C(=O)c2csc(-c3cn[nH]c3)c2)CC1. The van der Waals surface area contributed by atoms with Crippen molar-refractivity contribution in [3.63, 3.8) is 0 Å². The molecule has 0 unspecified atom stereocenters. The van der Waals surface area contributed by atoms with Crippen LogP contribution >= 0.6 is 11.3 Å². The number of thiophene rings is 1. The first-order valence-corrected chi connectivity index (χ1v) is 8.25. The van der Waals surface area contributed by atoms with Crippen molar-refractivity contribution < 1.29 is 4.79 Å². The molecule has 6 heteroatoms. The predicted octanol–water partition coefficient (Wildman–Crippen LogP) is 2.31. The molecule has 2 aromatic rings. The monoisotopic (exact) mass is 304 g/mol. The number of nitrogens with one attached hydrogen (secondary N) is 1. The Bertz CT molecular complexity index is 593. The van der Waals surface area contributed by atoms with Gasteiger partial charge in [-0.25, -0.2) is 0 Å². The van der Waals surface area contributed by atoms with Gasteiger partial charge in [-0.05, 0) is 25.6 Å². The lowest BCUT2D eigenvalue weighted by atomic mass is 10.2. The van der Waals surface area contributed by atoms with Gasteiger partial charge >= 0.3 is 0 Å². The Balaban J connectivity index is 1.70. The third kappa shape index (κ3) is 3.16. The third-order valence-electron chi connectivity index (χ3n) is 3.95. The summed E-state index contributed by atoms with van der Waals surface area (Å²) in [5, 5.41) is 8.71. The van der Waals surface area contributed by atoms with E-state index in [1.165, 1.54) is 0 Å². The number of likely N-dealkylation sites (N-methyl/N-ethyl adjacent to an activating group) is 1. The Labute approximate surface area is 128 Å². The van der Waals surface area contributed by atoms with Crippen LogP contribution in [0.3, 0.4) is 0 Å². The molecular weight excluding hydrogens is 284 g/mol. The van der Waals surface area contributed by atoms with Crippen LogP contribution in [0.5, 0.6) is 0 Å². The molecule has 0 aromatic carbocycles. The molecule has 1 amide bonds. The van der Waals surface area contributed by atoms with Gasteiger partial charge in [-0.1, -0.05) is 6.92 Å². The molecular formula is C15H20N4OS. The molecule has 1 aliphatic heterocycles. The van der Waals surface area contributed by atoms with E-state index in [0.717, 1.165) is 55.1 Å². The van der Waals surface area contributed by atoms with Gasteiger partial charge in [-0.2, -0.15) is 5.10 Å². The second kappa shape index (κ2) is 6.41. The van der Waals surface area contributed by atoms with Crippen LogP contribution in [0.15, 0.2) is 23.8 Å². The Kier molecular flexibility index (Phi) is 4.36. The lowest BCUT2D eigenvalue weighted by molar-refractivity contribution is 0.0762. The first kappa shape index (κ1) is 14.3. The molecule has 0 atom stereocenters. The van der Waals surface area contributed by atoms with Gasteiger partial charge in [0.15, 0.2) is 0 Å². The van der Waals surface area contributed by atoms with Crippen LogP contribution in [0.25, 0.3) is 10.4 Å². The molecule has 1 N–H and O–H groups in total. The molecule has 0 saturated carbocycles. The lowest BCUT2D eigenvalue weighted by Gasteiger charge is -2.20. The Hall–Kier alpha value is -1.66. The average molecular weight is 304 g/mol. The Morgan fingerprint density at radius 2 is 2.29 bits per heavy atom. The fourth-order valence-corrected chi connectivity index (χ4v) is 3.52. The van der Waals surface area contributed by atoms with Crippen molar-refractivity contribution in [1.82, 2.24) is 20.0 Å². The zero-order valence-electron chi connectivity index (χ0n) is 12.2. The minimum atomic E-state index is 0.152. The van der Waals surface area contributed by atoms with Crippen molar-refractivity contribution in [3.8, 4) is 10.4 Å². The van der Waals surface area contributed by atoms with E-state index < -0.39 is 0 Å². The maximum atomic E-state index is 12.6. The fraction of sp³-hybridized carbons (Fsp3) is 0.467. The number of rotatable bonds is 3. The number of hydrogen-bond donors (Lipinski definition) is 1. The maximum Gasteiger partial charge on any atom is 0.254 e. The molecule has 3 heterocycles. The van der Waals surface area contributed by atoms with Crippen LogP contribution in [-0.4, -0.2) is 58.6 Å². The second-order valence-electron chi connectivity index (χ2n) is 5.27. The number of hydrogen-bond acceptors (Lipinski definition) is 4. The van der Waals surface area contributed by atoms with Gasteiger partial charge in [0.1, 0.15) is 0 Å². The van der Waals surface area contributed by atoms with E-state index in [2.05, 4.69) is 22.0 Å². The summed E-state index contributed by atoms with van der Waals surface area (Å²) in [6, 6.07) is 1.97. The first-order valence-electron chi connectivity index (χ1n) is 7.37. The summed E-state index contributed by atoms with van der Waals surface area (Å²) < 4.78 is 0. The van der Waals surface area contributed by atoms with Gasteiger partial charge in [0.2, 0.25) is 0 Å². The summed E-state index contributed by atoms with van der Waals surface area (Å²) >= 11 is 1.59. The Morgan fingerprint density at radius 3 is 3.05 bits per heavy atom. The highest BCUT2D eigenvalue weighted by Crippen LogP contribution is 2.27. The van der Waals surface area contributed by atoms with Crippen LogP contribution in [0.1, 0.15) is 23.7 Å². The van der Waals surface area contributed by atoms with Crippen molar-refractivity contribution in [2.75, 3.05) is 32.7 Å². The summed E-state index contributed by atoms with van der Waals surface area (Å²) in [6.07, 6.45) is 4.69. The molecule has 0 bridgehead atoms. The number of carbonyl (C=O) groups is 1. The van der Waals surface area contributed by atoms with E-state index in [1.54, 1.807) is 17.5 Å². The first-order chi connectivity index (χ1) is 10.3. The molecule has 2 aromatic heterocycles. The van der Waals surface area contributed by atoms with E-state index in [9.17, 15) is 4.79 Å². The van der Waals surface area contributed by atoms with Crippen molar-refractivity contribution in [1.29, 1.82) is 0 Å².